The second kappa shape index (κ2) is 5.86. The second-order valence-electron chi connectivity index (χ2n) is 3.35. The fourth-order valence-corrected chi connectivity index (χ4v) is 3.94. The number of hydrogen-bond donors (Lipinski definition) is 1. The zero-order valence-electron chi connectivity index (χ0n) is 9.45. The molecule has 1 heterocycles. The Morgan fingerprint density at radius 3 is 2.59 bits per heavy atom. The van der Waals surface area contributed by atoms with Gasteiger partial charge in [0.1, 0.15) is 0 Å². The fourth-order valence-electron chi connectivity index (χ4n) is 1.33. The van der Waals surface area contributed by atoms with Gasteiger partial charge in [0.15, 0.2) is 8.68 Å². The zero-order chi connectivity index (χ0) is 12.3. The number of aliphatic hydroxyl groups excluding tert-OH is 1. The van der Waals surface area contributed by atoms with Crippen LogP contribution < -0.4 is 0 Å². The highest BCUT2D eigenvalue weighted by atomic mass is 32.2. The number of aromatic nitrogens is 2. The predicted octanol–water partition coefficient (Wildman–Crippen LogP) is 3.46. The first kappa shape index (κ1) is 12.9. The summed E-state index contributed by atoms with van der Waals surface area (Å²) in [6.07, 6.45) is 1.52. The molecule has 0 aliphatic rings. The third-order valence-corrected chi connectivity index (χ3v) is 5.17. The molecule has 2 aromatic rings. The summed E-state index contributed by atoms with van der Waals surface area (Å²) >= 11 is 4.71. The minimum absolute atomic E-state index is 0.466. The Morgan fingerprint density at radius 1 is 1.24 bits per heavy atom. The van der Waals surface area contributed by atoms with Gasteiger partial charge < -0.3 is 5.11 Å². The molecule has 1 aromatic heterocycles. The molecule has 0 amide bonds. The summed E-state index contributed by atoms with van der Waals surface area (Å²) in [7, 11) is 0. The molecule has 90 valence electrons. The predicted molar refractivity (Wildman–Crippen MR) is 72.9 cm³/mol. The van der Waals surface area contributed by atoms with E-state index >= 15 is 0 Å². The van der Waals surface area contributed by atoms with Crippen LogP contribution in [0.4, 0.5) is 0 Å². The molecule has 0 radical (unpaired) electrons. The quantitative estimate of drug-likeness (QED) is 0.871. The maximum atomic E-state index is 9.68. The molecule has 0 aliphatic carbocycles. The van der Waals surface area contributed by atoms with Crippen molar-refractivity contribution in [3.63, 3.8) is 0 Å². The summed E-state index contributed by atoms with van der Waals surface area (Å²) in [5.74, 6) is 0. The van der Waals surface area contributed by atoms with Crippen LogP contribution >= 0.6 is 34.9 Å². The lowest BCUT2D eigenvalue weighted by molar-refractivity contribution is 0.196. The van der Waals surface area contributed by atoms with Gasteiger partial charge in [0.2, 0.25) is 0 Å². The highest BCUT2D eigenvalue weighted by molar-refractivity contribution is 8.03. The van der Waals surface area contributed by atoms with E-state index in [1.165, 1.54) is 0 Å². The summed E-state index contributed by atoms with van der Waals surface area (Å²) < 4.78 is 1.87. The first-order valence-corrected chi connectivity index (χ1v) is 7.89. The normalized spacial score (nSPS) is 12.6. The molecule has 1 N–H and O–H groups in total. The van der Waals surface area contributed by atoms with Gasteiger partial charge >= 0.3 is 0 Å². The first-order chi connectivity index (χ1) is 8.20. The molecule has 0 spiro atoms. The minimum Gasteiger partial charge on any atom is -0.389 e. The molecule has 0 unspecified atom stereocenters. The molecule has 0 saturated carbocycles. The van der Waals surface area contributed by atoms with Crippen molar-refractivity contribution in [1.82, 2.24) is 10.2 Å². The van der Waals surface area contributed by atoms with Crippen LogP contribution in [0, 0.1) is 0 Å². The summed E-state index contributed by atoms with van der Waals surface area (Å²) in [6.45, 7) is 1.77. The van der Waals surface area contributed by atoms with Gasteiger partial charge in [-0.2, -0.15) is 0 Å². The highest BCUT2D eigenvalue weighted by Gasteiger charge is 2.11. The molecule has 0 fully saturated rings. The maximum absolute atomic E-state index is 9.68. The summed E-state index contributed by atoms with van der Waals surface area (Å²) in [4.78, 5) is 1.03. The molecule has 1 aromatic carbocycles. The largest absolute Gasteiger partial charge is 0.389 e. The summed E-state index contributed by atoms with van der Waals surface area (Å²) in [5.41, 5.74) is 0.929. The average Bonchev–Trinajstić information content (AvgIpc) is 2.77. The van der Waals surface area contributed by atoms with Crippen LogP contribution in [-0.2, 0) is 0 Å². The Morgan fingerprint density at radius 2 is 1.94 bits per heavy atom. The van der Waals surface area contributed by atoms with Gasteiger partial charge in [-0.05, 0) is 24.8 Å². The topological polar surface area (TPSA) is 46.0 Å². The summed E-state index contributed by atoms with van der Waals surface area (Å²) in [6, 6.07) is 7.82. The van der Waals surface area contributed by atoms with E-state index in [0.29, 0.717) is 0 Å². The number of thioether (sulfide) groups is 1. The number of aliphatic hydroxyl groups is 1. The molecule has 6 heteroatoms. The van der Waals surface area contributed by atoms with Crippen LogP contribution in [0.5, 0.6) is 0 Å². The molecule has 1 atom stereocenters. The number of rotatable bonds is 4. The molecule has 0 aliphatic heterocycles. The summed E-state index contributed by atoms with van der Waals surface area (Å²) in [5, 5.41) is 17.8. The van der Waals surface area contributed by atoms with Crippen molar-refractivity contribution in [2.45, 2.75) is 26.6 Å². The molecule has 17 heavy (non-hydrogen) atoms. The molecule has 0 bridgehead atoms. The Hall–Kier alpha value is -0.560. The van der Waals surface area contributed by atoms with Crippen molar-refractivity contribution in [2.24, 2.45) is 0 Å². The standard InChI is InChI=1S/C11H12N2OS3/c1-7(14)8-5-3-4-6-9(8)16-11-13-12-10(15-2)17-11/h3-7,14H,1-2H3/t7-/m1/s1. The van der Waals surface area contributed by atoms with Gasteiger partial charge in [-0.3, -0.25) is 0 Å². The first-order valence-electron chi connectivity index (χ1n) is 5.03. The van der Waals surface area contributed by atoms with Gasteiger partial charge in [0.05, 0.1) is 6.10 Å². The highest BCUT2D eigenvalue weighted by Crippen LogP contribution is 2.36. The van der Waals surface area contributed by atoms with Crippen LogP contribution in [0.25, 0.3) is 0 Å². The average molecular weight is 284 g/mol. The van der Waals surface area contributed by atoms with Gasteiger partial charge in [-0.1, -0.05) is 53.1 Å². The lowest BCUT2D eigenvalue weighted by atomic mass is 10.1. The van der Waals surface area contributed by atoms with Crippen molar-refractivity contribution in [1.29, 1.82) is 0 Å². The molecular formula is C11H12N2OS3. The fraction of sp³-hybridized carbons (Fsp3) is 0.273. The van der Waals surface area contributed by atoms with Crippen molar-refractivity contribution in [3.05, 3.63) is 29.8 Å². The van der Waals surface area contributed by atoms with E-state index in [4.69, 9.17) is 0 Å². The number of hydrogen-bond acceptors (Lipinski definition) is 6. The number of nitrogens with zero attached hydrogens (tertiary/aromatic N) is 2. The lowest BCUT2D eigenvalue weighted by Gasteiger charge is -2.09. The van der Waals surface area contributed by atoms with Gasteiger partial charge in [0, 0.05) is 4.90 Å². The van der Waals surface area contributed by atoms with Gasteiger partial charge in [-0.15, -0.1) is 10.2 Å². The zero-order valence-corrected chi connectivity index (χ0v) is 11.9. The third kappa shape index (κ3) is 3.22. The second-order valence-corrected chi connectivity index (χ2v) is 6.67. The molecule has 3 nitrogen and oxygen atoms in total. The van der Waals surface area contributed by atoms with E-state index in [1.54, 1.807) is 41.8 Å². The van der Waals surface area contributed by atoms with E-state index in [0.717, 1.165) is 19.1 Å². The van der Waals surface area contributed by atoms with Crippen molar-refractivity contribution in [3.8, 4) is 0 Å². The lowest BCUT2D eigenvalue weighted by Crippen LogP contribution is -1.93. The van der Waals surface area contributed by atoms with Crippen LogP contribution in [0.15, 0.2) is 37.8 Å². The van der Waals surface area contributed by atoms with Crippen LogP contribution in [0.3, 0.4) is 0 Å². The Labute approximate surface area is 113 Å². The SMILES string of the molecule is CSc1nnc(Sc2ccccc2[C@@H](C)O)s1. The van der Waals surface area contributed by atoms with Gasteiger partial charge in [-0.25, -0.2) is 0 Å². The Kier molecular flexibility index (Phi) is 4.44. The van der Waals surface area contributed by atoms with E-state index in [1.807, 2.05) is 30.5 Å². The van der Waals surface area contributed by atoms with Crippen molar-refractivity contribution in [2.75, 3.05) is 6.26 Å². The smallest absolute Gasteiger partial charge is 0.179 e. The Bertz CT molecular complexity index is 499. The molecular weight excluding hydrogens is 272 g/mol. The van der Waals surface area contributed by atoms with E-state index in [2.05, 4.69) is 10.2 Å². The molecule has 2 rings (SSSR count). The maximum Gasteiger partial charge on any atom is 0.179 e. The Balaban J connectivity index is 2.23. The monoisotopic (exact) mass is 284 g/mol. The van der Waals surface area contributed by atoms with Crippen molar-refractivity contribution < 1.29 is 5.11 Å². The van der Waals surface area contributed by atoms with Gasteiger partial charge in [0.25, 0.3) is 0 Å². The van der Waals surface area contributed by atoms with Crippen molar-refractivity contribution >= 4 is 34.9 Å². The van der Waals surface area contributed by atoms with E-state index < -0.39 is 6.10 Å². The van der Waals surface area contributed by atoms with E-state index in [9.17, 15) is 5.11 Å². The third-order valence-electron chi connectivity index (χ3n) is 2.13. The minimum atomic E-state index is -0.466. The van der Waals surface area contributed by atoms with Crippen LogP contribution in [-0.4, -0.2) is 21.6 Å². The molecule has 0 saturated heterocycles. The number of benzene rings is 1. The van der Waals surface area contributed by atoms with Crippen LogP contribution in [0.1, 0.15) is 18.6 Å². The van der Waals surface area contributed by atoms with Crippen LogP contribution in [0.2, 0.25) is 0 Å². The van der Waals surface area contributed by atoms with E-state index in [-0.39, 0.29) is 0 Å².